The van der Waals surface area contributed by atoms with Gasteiger partial charge in [-0.25, -0.2) is 4.39 Å². The van der Waals surface area contributed by atoms with Crippen molar-refractivity contribution in [3.63, 3.8) is 0 Å². The maximum Gasteiger partial charge on any atom is 0.148 e. The Labute approximate surface area is 102 Å². The summed E-state index contributed by atoms with van der Waals surface area (Å²) in [6.07, 6.45) is 2.24. The molecule has 4 heteroatoms. The van der Waals surface area contributed by atoms with E-state index in [4.69, 9.17) is 5.73 Å². The van der Waals surface area contributed by atoms with Gasteiger partial charge in [-0.05, 0) is 38.6 Å². The molecule has 17 heavy (non-hydrogen) atoms. The van der Waals surface area contributed by atoms with E-state index in [1.807, 2.05) is 11.9 Å². The van der Waals surface area contributed by atoms with E-state index < -0.39 is 0 Å². The van der Waals surface area contributed by atoms with E-state index in [1.54, 1.807) is 12.1 Å². The number of nitrogens with two attached hydrogens (primary N) is 1. The molecule has 0 amide bonds. The van der Waals surface area contributed by atoms with Crippen LogP contribution in [0.4, 0.5) is 15.8 Å². The summed E-state index contributed by atoms with van der Waals surface area (Å²) in [6.45, 7) is 2.08. The minimum Gasteiger partial charge on any atom is -0.397 e. The quantitative estimate of drug-likeness (QED) is 0.798. The van der Waals surface area contributed by atoms with Gasteiger partial charge >= 0.3 is 0 Å². The Hall–Kier alpha value is -1.29. The van der Waals surface area contributed by atoms with E-state index in [1.165, 1.54) is 6.07 Å². The van der Waals surface area contributed by atoms with E-state index in [-0.39, 0.29) is 5.82 Å². The summed E-state index contributed by atoms with van der Waals surface area (Å²) >= 11 is 0. The normalized spacial score (nSPS) is 21.5. The SMILES string of the molecule is CN1CCCC(N(C)c2c(N)cccc2F)C1. The Bertz CT molecular complexity index is 374. The lowest BCUT2D eigenvalue weighted by atomic mass is 10.0. The summed E-state index contributed by atoms with van der Waals surface area (Å²) < 4.78 is 13.8. The molecule has 3 nitrogen and oxygen atoms in total. The van der Waals surface area contributed by atoms with Gasteiger partial charge in [0.2, 0.25) is 0 Å². The molecular weight excluding hydrogens is 217 g/mol. The maximum absolute atomic E-state index is 13.8. The lowest BCUT2D eigenvalue weighted by Crippen LogP contribution is -2.45. The second kappa shape index (κ2) is 4.92. The summed E-state index contributed by atoms with van der Waals surface area (Å²) in [5.41, 5.74) is 6.92. The molecule has 2 rings (SSSR count). The van der Waals surface area contributed by atoms with Crippen LogP contribution in [0, 0.1) is 5.82 Å². The predicted molar refractivity (Wildman–Crippen MR) is 69.7 cm³/mol. The van der Waals surface area contributed by atoms with Gasteiger partial charge in [-0.3, -0.25) is 0 Å². The van der Waals surface area contributed by atoms with Gasteiger partial charge in [0.05, 0.1) is 11.4 Å². The standard InChI is InChI=1S/C13H20FN3/c1-16-8-4-5-10(9-16)17(2)13-11(14)6-3-7-12(13)15/h3,6-7,10H,4-5,8-9,15H2,1-2H3. The van der Waals surface area contributed by atoms with Crippen molar-refractivity contribution in [2.45, 2.75) is 18.9 Å². The van der Waals surface area contributed by atoms with Crippen LogP contribution >= 0.6 is 0 Å². The number of para-hydroxylation sites is 1. The van der Waals surface area contributed by atoms with Gasteiger partial charge < -0.3 is 15.5 Å². The average Bonchev–Trinajstić information content (AvgIpc) is 2.28. The molecule has 1 atom stereocenters. The number of anilines is 2. The molecule has 1 unspecified atom stereocenters. The molecule has 0 bridgehead atoms. The second-order valence-corrected chi connectivity index (χ2v) is 4.85. The number of hydrogen-bond acceptors (Lipinski definition) is 3. The summed E-state index contributed by atoms with van der Waals surface area (Å²) in [5, 5.41) is 0. The third-order valence-electron chi connectivity index (χ3n) is 3.52. The zero-order chi connectivity index (χ0) is 12.4. The van der Waals surface area contributed by atoms with Crippen LogP contribution in [0.15, 0.2) is 18.2 Å². The molecule has 1 aliphatic heterocycles. The largest absolute Gasteiger partial charge is 0.397 e. The Balaban J connectivity index is 2.21. The van der Waals surface area contributed by atoms with Crippen LogP contribution in [0.3, 0.4) is 0 Å². The minimum absolute atomic E-state index is 0.235. The molecule has 94 valence electrons. The number of likely N-dealkylation sites (N-methyl/N-ethyl adjacent to an activating group) is 2. The van der Waals surface area contributed by atoms with Crippen LogP contribution in [0.5, 0.6) is 0 Å². The summed E-state index contributed by atoms with van der Waals surface area (Å²) in [6, 6.07) is 5.21. The molecule has 1 heterocycles. The summed E-state index contributed by atoms with van der Waals surface area (Å²) in [4.78, 5) is 4.27. The van der Waals surface area contributed by atoms with Crippen LogP contribution in [-0.4, -0.2) is 38.1 Å². The smallest absolute Gasteiger partial charge is 0.148 e. The van der Waals surface area contributed by atoms with Crippen molar-refractivity contribution < 1.29 is 4.39 Å². The van der Waals surface area contributed by atoms with Gasteiger partial charge in [0.1, 0.15) is 5.82 Å². The van der Waals surface area contributed by atoms with E-state index in [0.717, 1.165) is 25.9 Å². The molecule has 0 spiro atoms. The molecule has 0 radical (unpaired) electrons. The third kappa shape index (κ3) is 2.52. The molecule has 1 saturated heterocycles. The zero-order valence-corrected chi connectivity index (χ0v) is 10.5. The van der Waals surface area contributed by atoms with Crippen LogP contribution < -0.4 is 10.6 Å². The molecule has 0 aromatic heterocycles. The number of hydrogen-bond donors (Lipinski definition) is 1. The van der Waals surface area contributed by atoms with Crippen molar-refractivity contribution in [2.24, 2.45) is 0 Å². The molecule has 1 aliphatic rings. The van der Waals surface area contributed by atoms with Crippen molar-refractivity contribution in [1.82, 2.24) is 4.90 Å². The van der Waals surface area contributed by atoms with E-state index >= 15 is 0 Å². The first-order valence-corrected chi connectivity index (χ1v) is 6.05. The molecule has 1 fully saturated rings. The molecular formula is C13H20FN3. The van der Waals surface area contributed by atoms with Crippen LogP contribution in [0.2, 0.25) is 0 Å². The highest BCUT2D eigenvalue weighted by Gasteiger charge is 2.24. The zero-order valence-electron chi connectivity index (χ0n) is 10.5. The monoisotopic (exact) mass is 237 g/mol. The van der Waals surface area contributed by atoms with Crippen LogP contribution in [0.1, 0.15) is 12.8 Å². The highest BCUT2D eigenvalue weighted by molar-refractivity contribution is 5.68. The van der Waals surface area contributed by atoms with Crippen LogP contribution in [0.25, 0.3) is 0 Å². The molecule has 0 saturated carbocycles. The van der Waals surface area contributed by atoms with E-state index in [9.17, 15) is 4.39 Å². The number of likely N-dealkylation sites (tertiary alicyclic amines) is 1. The average molecular weight is 237 g/mol. The van der Waals surface area contributed by atoms with Crippen molar-refractivity contribution >= 4 is 11.4 Å². The lowest BCUT2D eigenvalue weighted by Gasteiger charge is -2.37. The fourth-order valence-corrected chi connectivity index (χ4v) is 2.54. The molecule has 1 aromatic carbocycles. The van der Waals surface area contributed by atoms with Crippen LogP contribution in [-0.2, 0) is 0 Å². The fraction of sp³-hybridized carbons (Fsp3) is 0.538. The second-order valence-electron chi connectivity index (χ2n) is 4.85. The van der Waals surface area contributed by atoms with Gasteiger partial charge in [0.15, 0.2) is 0 Å². The Morgan fingerprint density at radius 3 is 2.88 bits per heavy atom. The Morgan fingerprint density at radius 2 is 2.24 bits per heavy atom. The van der Waals surface area contributed by atoms with Crippen molar-refractivity contribution in [1.29, 1.82) is 0 Å². The van der Waals surface area contributed by atoms with Gasteiger partial charge in [0, 0.05) is 19.6 Å². The van der Waals surface area contributed by atoms with Gasteiger partial charge in [-0.15, -0.1) is 0 Å². The number of nitrogens with zero attached hydrogens (tertiary/aromatic N) is 2. The maximum atomic E-state index is 13.8. The minimum atomic E-state index is -0.235. The first-order valence-electron chi connectivity index (χ1n) is 6.05. The van der Waals surface area contributed by atoms with Gasteiger partial charge in [0.25, 0.3) is 0 Å². The molecule has 0 aliphatic carbocycles. The number of nitrogen functional groups attached to an aromatic ring is 1. The van der Waals surface area contributed by atoms with Gasteiger partial charge in [-0.1, -0.05) is 6.07 Å². The number of benzene rings is 1. The van der Waals surface area contributed by atoms with Crippen molar-refractivity contribution in [2.75, 3.05) is 37.8 Å². The Morgan fingerprint density at radius 1 is 1.47 bits per heavy atom. The predicted octanol–water partition coefficient (Wildman–Crippen LogP) is 1.94. The van der Waals surface area contributed by atoms with E-state index in [0.29, 0.717) is 17.4 Å². The topological polar surface area (TPSA) is 32.5 Å². The number of halogens is 1. The van der Waals surface area contributed by atoms with Crippen molar-refractivity contribution in [3.05, 3.63) is 24.0 Å². The van der Waals surface area contributed by atoms with Crippen molar-refractivity contribution in [3.8, 4) is 0 Å². The highest BCUT2D eigenvalue weighted by atomic mass is 19.1. The third-order valence-corrected chi connectivity index (χ3v) is 3.52. The van der Waals surface area contributed by atoms with E-state index in [2.05, 4.69) is 11.9 Å². The van der Waals surface area contributed by atoms with Gasteiger partial charge in [-0.2, -0.15) is 0 Å². The molecule has 1 aromatic rings. The Kier molecular flexibility index (Phi) is 3.52. The number of rotatable bonds is 2. The first-order chi connectivity index (χ1) is 8.09. The highest BCUT2D eigenvalue weighted by Crippen LogP contribution is 2.29. The molecule has 2 N–H and O–H groups in total. The first kappa shape index (κ1) is 12.2. The lowest BCUT2D eigenvalue weighted by molar-refractivity contribution is 0.247. The summed E-state index contributed by atoms with van der Waals surface area (Å²) in [7, 11) is 4.03. The fourth-order valence-electron chi connectivity index (χ4n) is 2.54. The summed E-state index contributed by atoms with van der Waals surface area (Å²) in [5.74, 6) is -0.235. The number of piperidine rings is 1.